The molecule has 1 heterocycles. The van der Waals surface area contributed by atoms with Gasteiger partial charge in [0.05, 0.1) is 5.60 Å². The van der Waals surface area contributed by atoms with Crippen molar-refractivity contribution < 1.29 is 14.6 Å². The zero-order valence-corrected chi connectivity index (χ0v) is 10.7. The largest absolute Gasteiger partial charge is 0.477 e. The van der Waals surface area contributed by atoms with E-state index in [9.17, 15) is 4.79 Å². The quantitative estimate of drug-likeness (QED) is 0.817. The van der Waals surface area contributed by atoms with Crippen LogP contribution in [0.2, 0.25) is 0 Å². The Hall–Kier alpha value is -0.910. The van der Waals surface area contributed by atoms with E-state index in [4.69, 9.17) is 9.84 Å². The highest BCUT2D eigenvalue weighted by Gasteiger charge is 2.36. The molecule has 0 unspecified atom stereocenters. The molecule has 4 nitrogen and oxygen atoms in total. The first-order valence-corrected chi connectivity index (χ1v) is 6.55. The van der Waals surface area contributed by atoms with E-state index in [0.717, 1.165) is 24.3 Å². The molecule has 1 aliphatic carbocycles. The first-order chi connectivity index (χ1) is 8.15. The summed E-state index contributed by atoms with van der Waals surface area (Å²) in [4.78, 5) is 12.2. The van der Waals surface area contributed by atoms with Gasteiger partial charge in [0.15, 0.2) is 0 Å². The van der Waals surface area contributed by atoms with Crippen LogP contribution < -0.4 is 5.32 Å². The summed E-state index contributed by atoms with van der Waals surface area (Å²) in [6.45, 7) is 1.55. The van der Waals surface area contributed by atoms with E-state index in [2.05, 4.69) is 5.32 Å². The molecule has 0 amide bonds. The Balaban J connectivity index is 1.79. The highest BCUT2D eigenvalue weighted by atomic mass is 32.1. The summed E-state index contributed by atoms with van der Waals surface area (Å²) in [6.07, 6.45) is 3.46. The van der Waals surface area contributed by atoms with Crippen LogP contribution in [0.15, 0.2) is 12.1 Å². The molecule has 0 saturated heterocycles. The van der Waals surface area contributed by atoms with Crippen molar-refractivity contribution in [2.75, 3.05) is 13.7 Å². The molecule has 2 rings (SSSR count). The van der Waals surface area contributed by atoms with E-state index in [1.807, 2.05) is 6.07 Å². The second-order valence-corrected chi connectivity index (χ2v) is 5.58. The Morgan fingerprint density at radius 3 is 2.82 bits per heavy atom. The van der Waals surface area contributed by atoms with Crippen molar-refractivity contribution in [3.63, 3.8) is 0 Å². The van der Waals surface area contributed by atoms with E-state index in [0.29, 0.717) is 11.4 Å². The van der Waals surface area contributed by atoms with Crippen molar-refractivity contribution in [1.82, 2.24) is 5.32 Å². The van der Waals surface area contributed by atoms with Crippen LogP contribution in [-0.4, -0.2) is 30.3 Å². The summed E-state index contributed by atoms with van der Waals surface area (Å²) in [5, 5.41) is 12.1. The Bertz CT molecular complexity index is 393. The molecule has 5 heteroatoms. The first kappa shape index (κ1) is 12.5. The maximum Gasteiger partial charge on any atom is 0.345 e. The molecule has 0 bridgehead atoms. The van der Waals surface area contributed by atoms with Crippen LogP contribution >= 0.6 is 11.3 Å². The summed E-state index contributed by atoms with van der Waals surface area (Å²) in [6, 6.07) is 3.51. The topological polar surface area (TPSA) is 58.6 Å². The SMILES string of the molecule is COC1(CNCc2ccc(C(=O)O)s2)CCC1. The van der Waals surface area contributed by atoms with Gasteiger partial charge in [0.25, 0.3) is 0 Å². The molecule has 0 atom stereocenters. The van der Waals surface area contributed by atoms with E-state index in [1.165, 1.54) is 17.8 Å². The molecular weight excluding hydrogens is 238 g/mol. The number of thiophene rings is 1. The highest BCUT2D eigenvalue weighted by Crippen LogP contribution is 2.34. The van der Waals surface area contributed by atoms with Gasteiger partial charge in [-0.3, -0.25) is 0 Å². The summed E-state index contributed by atoms with van der Waals surface area (Å²) in [5.41, 5.74) is 0.0207. The van der Waals surface area contributed by atoms with Gasteiger partial charge < -0.3 is 15.2 Å². The summed E-state index contributed by atoms with van der Waals surface area (Å²) >= 11 is 1.32. The van der Waals surface area contributed by atoms with Crippen molar-refractivity contribution in [2.45, 2.75) is 31.4 Å². The number of carbonyl (C=O) groups is 1. The second-order valence-electron chi connectivity index (χ2n) is 4.42. The fraction of sp³-hybridized carbons (Fsp3) is 0.583. The minimum atomic E-state index is -0.853. The lowest BCUT2D eigenvalue weighted by Crippen LogP contribution is -2.47. The van der Waals surface area contributed by atoms with Gasteiger partial charge in [-0.25, -0.2) is 4.79 Å². The van der Waals surface area contributed by atoms with Gasteiger partial charge in [-0.15, -0.1) is 11.3 Å². The van der Waals surface area contributed by atoms with E-state index in [-0.39, 0.29) is 5.60 Å². The Kier molecular flexibility index (Phi) is 3.81. The fourth-order valence-corrected chi connectivity index (χ4v) is 2.84. The van der Waals surface area contributed by atoms with Gasteiger partial charge in [-0.1, -0.05) is 0 Å². The molecule has 0 aromatic carbocycles. The van der Waals surface area contributed by atoms with Crippen molar-refractivity contribution >= 4 is 17.3 Å². The number of hydrogen-bond donors (Lipinski definition) is 2. The Morgan fingerprint density at radius 1 is 1.59 bits per heavy atom. The fourth-order valence-electron chi connectivity index (χ4n) is 2.03. The number of hydrogen-bond acceptors (Lipinski definition) is 4. The van der Waals surface area contributed by atoms with E-state index < -0.39 is 5.97 Å². The lowest BCUT2D eigenvalue weighted by atomic mass is 9.80. The lowest BCUT2D eigenvalue weighted by Gasteiger charge is -2.40. The minimum absolute atomic E-state index is 0.0207. The van der Waals surface area contributed by atoms with Crippen LogP contribution in [0.5, 0.6) is 0 Å². The van der Waals surface area contributed by atoms with Crippen LogP contribution in [0, 0.1) is 0 Å². The molecule has 1 fully saturated rings. The van der Waals surface area contributed by atoms with Crippen molar-refractivity contribution in [2.24, 2.45) is 0 Å². The normalized spacial score (nSPS) is 17.7. The summed E-state index contributed by atoms with van der Waals surface area (Å²) in [7, 11) is 1.76. The number of methoxy groups -OCH3 is 1. The van der Waals surface area contributed by atoms with E-state index >= 15 is 0 Å². The standard InChI is InChI=1S/C12H17NO3S/c1-16-12(5-2-6-12)8-13-7-9-3-4-10(17-9)11(14)15/h3-4,13H,2,5-8H2,1H3,(H,14,15). The van der Waals surface area contributed by atoms with Crippen molar-refractivity contribution in [1.29, 1.82) is 0 Å². The molecule has 1 aromatic rings. The van der Waals surface area contributed by atoms with Gasteiger partial charge in [-0.05, 0) is 31.4 Å². The lowest BCUT2D eigenvalue weighted by molar-refractivity contribution is -0.0695. The van der Waals surface area contributed by atoms with Crippen molar-refractivity contribution in [3.05, 3.63) is 21.9 Å². The third-order valence-electron chi connectivity index (χ3n) is 3.32. The molecule has 1 saturated carbocycles. The molecular formula is C12H17NO3S. The smallest absolute Gasteiger partial charge is 0.345 e. The molecule has 0 spiro atoms. The number of aromatic carboxylic acids is 1. The van der Waals surface area contributed by atoms with Gasteiger partial charge in [0.2, 0.25) is 0 Å². The van der Waals surface area contributed by atoms with Gasteiger partial charge in [0.1, 0.15) is 4.88 Å². The Morgan fingerprint density at radius 2 is 2.35 bits per heavy atom. The van der Waals surface area contributed by atoms with Gasteiger partial charge >= 0.3 is 5.97 Å². The monoisotopic (exact) mass is 255 g/mol. The molecule has 2 N–H and O–H groups in total. The minimum Gasteiger partial charge on any atom is -0.477 e. The molecule has 0 aliphatic heterocycles. The zero-order valence-electron chi connectivity index (χ0n) is 9.86. The Labute approximate surface area is 105 Å². The van der Waals surface area contributed by atoms with Crippen LogP contribution in [0.25, 0.3) is 0 Å². The number of carboxylic acid groups (broad SMARTS) is 1. The molecule has 17 heavy (non-hydrogen) atoms. The average Bonchev–Trinajstić information content (AvgIpc) is 2.71. The van der Waals surface area contributed by atoms with E-state index in [1.54, 1.807) is 13.2 Å². The highest BCUT2D eigenvalue weighted by molar-refractivity contribution is 7.13. The number of carboxylic acids is 1. The first-order valence-electron chi connectivity index (χ1n) is 5.73. The van der Waals surface area contributed by atoms with Crippen LogP contribution in [0.1, 0.15) is 33.8 Å². The predicted octanol–water partition coefficient (Wildman–Crippen LogP) is 2.11. The van der Waals surface area contributed by atoms with Crippen LogP contribution in [0.3, 0.4) is 0 Å². The maximum absolute atomic E-state index is 10.7. The summed E-state index contributed by atoms with van der Waals surface area (Å²) < 4.78 is 5.50. The predicted molar refractivity (Wildman–Crippen MR) is 66.6 cm³/mol. The second kappa shape index (κ2) is 5.16. The van der Waals surface area contributed by atoms with Crippen LogP contribution in [0.4, 0.5) is 0 Å². The molecule has 1 aromatic heterocycles. The average molecular weight is 255 g/mol. The number of nitrogens with one attached hydrogen (secondary N) is 1. The van der Waals surface area contributed by atoms with Gasteiger partial charge in [-0.2, -0.15) is 0 Å². The van der Waals surface area contributed by atoms with Crippen LogP contribution in [-0.2, 0) is 11.3 Å². The summed E-state index contributed by atoms with van der Waals surface area (Å²) in [5.74, 6) is -0.853. The van der Waals surface area contributed by atoms with Crippen molar-refractivity contribution in [3.8, 4) is 0 Å². The molecule has 0 radical (unpaired) electrons. The molecule has 94 valence electrons. The third kappa shape index (κ3) is 2.86. The maximum atomic E-state index is 10.7. The number of rotatable bonds is 6. The zero-order chi connectivity index (χ0) is 12.3. The third-order valence-corrected chi connectivity index (χ3v) is 4.39. The molecule has 1 aliphatic rings. The van der Waals surface area contributed by atoms with Gasteiger partial charge in [0, 0.05) is 25.1 Å². The number of ether oxygens (including phenoxy) is 1.